The van der Waals surface area contributed by atoms with Crippen LogP contribution in [0, 0.1) is 6.92 Å². The molecule has 2 heteroatoms. The molecule has 0 N–H and O–H groups in total. The van der Waals surface area contributed by atoms with Gasteiger partial charge in [0.15, 0.2) is 0 Å². The van der Waals surface area contributed by atoms with Gasteiger partial charge in [-0.25, -0.2) is 4.98 Å². The van der Waals surface area contributed by atoms with Crippen LogP contribution in [-0.2, 0) is 6.42 Å². The lowest BCUT2D eigenvalue weighted by Crippen LogP contribution is -2.19. The summed E-state index contributed by atoms with van der Waals surface area (Å²) in [5.74, 6) is 1.20. The van der Waals surface area contributed by atoms with Crippen LogP contribution in [0.15, 0.2) is 12.3 Å². The van der Waals surface area contributed by atoms with E-state index in [0.29, 0.717) is 0 Å². The molecular weight excluding hydrogens is 172 g/mol. The molecule has 0 saturated heterocycles. The van der Waals surface area contributed by atoms with Gasteiger partial charge >= 0.3 is 0 Å². The Morgan fingerprint density at radius 3 is 2.79 bits per heavy atom. The Labute approximate surface area is 87.0 Å². The third-order valence-corrected chi connectivity index (χ3v) is 2.41. The van der Waals surface area contributed by atoms with Gasteiger partial charge in [0.25, 0.3) is 0 Å². The lowest BCUT2D eigenvalue weighted by molar-refractivity contribution is 0.857. The molecule has 2 nitrogen and oxygen atoms in total. The lowest BCUT2D eigenvalue weighted by atomic mass is 10.2. The predicted molar refractivity (Wildman–Crippen MR) is 61.9 cm³/mol. The highest BCUT2D eigenvalue weighted by molar-refractivity contribution is 5.52. The molecular formula is C12H20N2. The standard InChI is InChI=1S/C10H14N2.C2H6/c1-3-12-5-4-9-6-8(2)7-11-10(9)12;1-2/h6-7H,3-5H2,1-2H3;1-2H3. The Morgan fingerprint density at radius 2 is 2.14 bits per heavy atom. The number of rotatable bonds is 1. The summed E-state index contributed by atoms with van der Waals surface area (Å²) in [5.41, 5.74) is 2.68. The Hall–Kier alpha value is -1.05. The molecule has 0 atom stereocenters. The summed E-state index contributed by atoms with van der Waals surface area (Å²) in [5, 5.41) is 0. The van der Waals surface area contributed by atoms with Gasteiger partial charge in [-0.2, -0.15) is 0 Å². The summed E-state index contributed by atoms with van der Waals surface area (Å²) >= 11 is 0. The van der Waals surface area contributed by atoms with Crippen molar-refractivity contribution in [3.8, 4) is 0 Å². The minimum Gasteiger partial charge on any atom is -0.356 e. The number of anilines is 1. The summed E-state index contributed by atoms with van der Waals surface area (Å²) in [4.78, 5) is 6.77. The van der Waals surface area contributed by atoms with E-state index in [1.807, 2.05) is 20.0 Å². The van der Waals surface area contributed by atoms with Crippen LogP contribution in [0.1, 0.15) is 31.9 Å². The number of aryl methyl sites for hydroxylation is 1. The molecule has 1 aliphatic heterocycles. The fourth-order valence-corrected chi connectivity index (χ4v) is 1.76. The average molecular weight is 192 g/mol. The fraction of sp³-hybridized carbons (Fsp3) is 0.583. The highest BCUT2D eigenvalue weighted by Gasteiger charge is 2.18. The quantitative estimate of drug-likeness (QED) is 0.680. The largest absolute Gasteiger partial charge is 0.356 e. The second-order valence-electron chi connectivity index (χ2n) is 3.33. The van der Waals surface area contributed by atoms with Crippen LogP contribution in [0.25, 0.3) is 0 Å². The Kier molecular flexibility index (Phi) is 3.93. The number of hydrogen-bond donors (Lipinski definition) is 0. The van der Waals surface area contributed by atoms with E-state index in [-0.39, 0.29) is 0 Å². The summed E-state index contributed by atoms with van der Waals surface area (Å²) in [6, 6.07) is 2.25. The van der Waals surface area contributed by atoms with Crippen molar-refractivity contribution < 1.29 is 0 Å². The van der Waals surface area contributed by atoms with E-state index in [1.54, 1.807) is 0 Å². The fourth-order valence-electron chi connectivity index (χ4n) is 1.76. The van der Waals surface area contributed by atoms with E-state index in [2.05, 4.69) is 29.8 Å². The normalized spacial score (nSPS) is 13.3. The second-order valence-corrected chi connectivity index (χ2v) is 3.33. The first-order chi connectivity index (χ1) is 6.81. The Bertz CT molecular complexity index is 294. The van der Waals surface area contributed by atoms with Crippen LogP contribution >= 0.6 is 0 Å². The molecule has 1 aromatic heterocycles. The SMILES string of the molecule is CC.CCN1CCc2cc(C)cnc21. The van der Waals surface area contributed by atoms with Crippen LogP contribution in [0.3, 0.4) is 0 Å². The molecule has 0 unspecified atom stereocenters. The van der Waals surface area contributed by atoms with E-state index < -0.39 is 0 Å². The lowest BCUT2D eigenvalue weighted by Gasteiger charge is -2.14. The number of aromatic nitrogens is 1. The van der Waals surface area contributed by atoms with Crippen LogP contribution < -0.4 is 4.90 Å². The van der Waals surface area contributed by atoms with Gasteiger partial charge in [-0.1, -0.05) is 19.9 Å². The van der Waals surface area contributed by atoms with Crippen LogP contribution in [-0.4, -0.2) is 18.1 Å². The van der Waals surface area contributed by atoms with E-state index in [9.17, 15) is 0 Å². The Morgan fingerprint density at radius 1 is 1.43 bits per heavy atom. The molecule has 2 rings (SSSR count). The first-order valence-electron chi connectivity index (χ1n) is 5.51. The van der Waals surface area contributed by atoms with Gasteiger partial charge in [0.2, 0.25) is 0 Å². The Balaban J connectivity index is 0.000000461. The molecule has 1 aromatic rings. The van der Waals surface area contributed by atoms with Crippen molar-refractivity contribution in [1.82, 2.24) is 4.98 Å². The van der Waals surface area contributed by atoms with Gasteiger partial charge in [-0.15, -0.1) is 0 Å². The van der Waals surface area contributed by atoms with E-state index in [4.69, 9.17) is 0 Å². The molecule has 2 heterocycles. The molecule has 78 valence electrons. The smallest absolute Gasteiger partial charge is 0.131 e. The maximum absolute atomic E-state index is 4.44. The first-order valence-corrected chi connectivity index (χ1v) is 5.51. The molecule has 0 fully saturated rings. The molecule has 0 radical (unpaired) electrons. The number of likely N-dealkylation sites (N-methyl/N-ethyl adjacent to an activating group) is 1. The molecule has 14 heavy (non-hydrogen) atoms. The summed E-state index contributed by atoms with van der Waals surface area (Å²) in [6.07, 6.45) is 3.12. The highest BCUT2D eigenvalue weighted by Crippen LogP contribution is 2.25. The third-order valence-electron chi connectivity index (χ3n) is 2.41. The van der Waals surface area contributed by atoms with Crippen molar-refractivity contribution in [3.63, 3.8) is 0 Å². The number of fused-ring (bicyclic) bond motifs is 1. The molecule has 0 amide bonds. The number of hydrogen-bond acceptors (Lipinski definition) is 2. The number of pyridine rings is 1. The molecule has 0 bridgehead atoms. The van der Waals surface area contributed by atoms with E-state index >= 15 is 0 Å². The molecule has 0 saturated carbocycles. The summed E-state index contributed by atoms with van der Waals surface area (Å²) < 4.78 is 0. The zero-order valence-electron chi connectivity index (χ0n) is 9.67. The summed E-state index contributed by atoms with van der Waals surface area (Å²) in [6.45, 7) is 10.5. The average Bonchev–Trinajstić information content (AvgIpc) is 2.62. The third kappa shape index (κ3) is 2.06. The van der Waals surface area contributed by atoms with Crippen molar-refractivity contribution in [3.05, 3.63) is 23.4 Å². The minimum atomic E-state index is 1.07. The van der Waals surface area contributed by atoms with Crippen molar-refractivity contribution in [1.29, 1.82) is 0 Å². The monoisotopic (exact) mass is 192 g/mol. The number of nitrogens with zero attached hydrogens (tertiary/aromatic N) is 2. The van der Waals surface area contributed by atoms with Crippen molar-refractivity contribution in [2.75, 3.05) is 18.0 Å². The van der Waals surface area contributed by atoms with Crippen LogP contribution in [0.4, 0.5) is 5.82 Å². The van der Waals surface area contributed by atoms with Gasteiger partial charge in [0.1, 0.15) is 5.82 Å². The molecule has 1 aliphatic rings. The topological polar surface area (TPSA) is 16.1 Å². The summed E-state index contributed by atoms with van der Waals surface area (Å²) in [7, 11) is 0. The van der Waals surface area contributed by atoms with Gasteiger partial charge in [0.05, 0.1) is 0 Å². The molecule has 0 spiro atoms. The molecule has 0 aromatic carbocycles. The van der Waals surface area contributed by atoms with E-state index in [0.717, 1.165) is 19.5 Å². The first kappa shape index (κ1) is 11.0. The van der Waals surface area contributed by atoms with Crippen molar-refractivity contribution in [2.24, 2.45) is 0 Å². The minimum absolute atomic E-state index is 1.07. The van der Waals surface area contributed by atoms with Gasteiger partial charge in [0, 0.05) is 19.3 Å². The maximum atomic E-state index is 4.44. The zero-order valence-corrected chi connectivity index (χ0v) is 9.67. The second kappa shape index (κ2) is 4.99. The van der Waals surface area contributed by atoms with Crippen molar-refractivity contribution >= 4 is 5.82 Å². The molecule has 0 aliphatic carbocycles. The zero-order chi connectivity index (χ0) is 10.6. The van der Waals surface area contributed by atoms with Crippen molar-refractivity contribution in [2.45, 2.75) is 34.1 Å². The predicted octanol–water partition coefficient (Wildman–Crippen LogP) is 2.80. The van der Waals surface area contributed by atoms with Gasteiger partial charge in [-0.3, -0.25) is 0 Å². The van der Waals surface area contributed by atoms with Gasteiger partial charge < -0.3 is 4.90 Å². The maximum Gasteiger partial charge on any atom is 0.131 e. The van der Waals surface area contributed by atoms with Gasteiger partial charge in [-0.05, 0) is 31.4 Å². The highest BCUT2D eigenvalue weighted by atomic mass is 15.2. The van der Waals surface area contributed by atoms with Crippen LogP contribution in [0.2, 0.25) is 0 Å². The van der Waals surface area contributed by atoms with E-state index in [1.165, 1.54) is 16.9 Å². The van der Waals surface area contributed by atoms with Crippen LogP contribution in [0.5, 0.6) is 0 Å².